The van der Waals surface area contributed by atoms with Crippen molar-refractivity contribution in [1.82, 2.24) is 4.98 Å². The topological polar surface area (TPSA) is 68.7 Å². The van der Waals surface area contributed by atoms with Crippen LogP contribution >= 0.6 is 0 Å². The second kappa shape index (κ2) is 6.58. The van der Waals surface area contributed by atoms with Crippen LogP contribution in [0.1, 0.15) is 5.69 Å². The number of nitrogens with zero attached hydrogens (tertiary/aromatic N) is 1. The average molecular weight is 223 g/mol. The van der Waals surface area contributed by atoms with Crippen LogP contribution in [0.3, 0.4) is 0 Å². The highest BCUT2D eigenvalue weighted by Gasteiger charge is 1.95. The summed E-state index contributed by atoms with van der Waals surface area (Å²) in [5, 5.41) is 8.42. The van der Waals surface area contributed by atoms with Crippen molar-refractivity contribution in [2.24, 2.45) is 0 Å². The standard InChI is InChI=1S/C11H13NO4/c1-15-6-7-16-10-4-2-9(12-8-10)3-5-11(13)14/h2-5,8H,6-7H2,1H3,(H,13,14). The Kier molecular flexibility index (Phi) is 5.01. The van der Waals surface area contributed by atoms with E-state index in [1.54, 1.807) is 19.2 Å². The van der Waals surface area contributed by atoms with Gasteiger partial charge in [-0.15, -0.1) is 0 Å². The summed E-state index contributed by atoms with van der Waals surface area (Å²) < 4.78 is 10.1. The quantitative estimate of drug-likeness (QED) is 0.579. The SMILES string of the molecule is COCCOc1ccc(C=CC(=O)O)nc1. The number of hydrogen-bond donors (Lipinski definition) is 1. The number of carboxylic acid groups (broad SMARTS) is 1. The number of aromatic nitrogens is 1. The van der Waals surface area contributed by atoms with E-state index in [1.165, 1.54) is 12.3 Å². The third kappa shape index (κ3) is 4.56. The number of methoxy groups -OCH3 is 1. The van der Waals surface area contributed by atoms with Gasteiger partial charge in [-0.2, -0.15) is 0 Å². The number of hydrogen-bond acceptors (Lipinski definition) is 4. The van der Waals surface area contributed by atoms with Gasteiger partial charge in [-0.05, 0) is 18.2 Å². The molecule has 5 nitrogen and oxygen atoms in total. The second-order valence-corrected chi connectivity index (χ2v) is 2.93. The number of pyridine rings is 1. The zero-order chi connectivity index (χ0) is 11.8. The predicted octanol–water partition coefficient (Wildman–Crippen LogP) is 1.20. The van der Waals surface area contributed by atoms with Crippen LogP contribution in [0, 0.1) is 0 Å². The summed E-state index contributed by atoms with van der Waals surface area (Å²) in [5.41, 5.74) is 0.571. The Hall–Kier alpha value is -1.88. The van der Waals surface area contributed by atoms with Crippen molar-refractivity contribution in [2.75, 3.05) is 20.3 Å². The Morgan fingerprint density at radius 1 is 1.50 bits per heavy atom. The molecule has 0 aliphatic rings. The Morgan fingerprint density at radius 2 is 2.31 bits per heavy atom. The summed E-state index contributed by atoms with van der Waals surface area (Å²) >= 11 is 0. The lowest BCUT2D eigenvalue weighted by Crippen LogP contribution is -2.04. The fourth-order valence-electron chi connectivity index (χ4n) is 0.975. The van der Waals surface area contributed by atoms with Gasteiger partial charge in [-0.3, -0.25) is 4.98 Å². The molecule has 1 aromatic rings. The van der Waals surface area contributed by atoms with Crippen molar-refractivity contribution in [3.05, 3.63) is 30.1 Å². The number of aliphatic carboxylic acids is 1. The van der Waals surface area contributed by atoms with Gasteiger partial charge < -0.3 is 14.6 Å². The Balaban J connectivity index is 2.51. The molecule has 0 amide bonds. The highest BCUT2D eigenvalue weighted by Crippen LogP contribution is 2.09. The molecule has 0 aromatic carbocycles. The van der Waals surface area contributed by atoms with E-state index in [0.717, 1.165) is 6.08 Å². The molecule has 86 valence electrons. The van der Waals surface area contributed by atoms with Gasteiger partial charge in [-0.25, -0.2) is 4.79 Å². The van der Waals surface area contributed by atoms with E-state index in [4.69, 9.17) is 14.6 Å². The van der Waals surface area contributed by atoms with Crippen LogP contribution in [0.5, 0.6) is 5.75 Å². The van der Waals surface area contributed by atoms with E-state index in [9.17, 15) is 4.79 Å². The van der Waals surface area contributed by atoms with E-state index in [2.05, 4.69) is 4.98 Å². The maximum absolute atomic E-state index is 10.3. The highest BCUT2D eigenvalue weighted by molar-refractivity contribution is 5.84. The van der Waals surface area contributed by atoms with Crippen LogP contribution < -0.4 is 4.74 Å². The van der Waals surface area contributed by atoms with E-state index in [0.29, 0.717) is 24.7 Å². The lowest BCUT2D eigenvalue weighted by Gasteiger charge is -2.04. The van der Waals surface area contributed by atoms with Crippen LogP contribution in [-0.2, 0) is 9.53 Å². The maximum atomic E-state index is 10.3. The summed E-state index contributed by atoms with van der Waals surface area (Å²) in [6.45, 7) is 0.975. The molecule has 0 atom stereocenters. The van der Waals surface area contributed by atoms with Gasteiger partial charge >= 0.3 is 5.97 Å². The predicted molar refractivity (Wildman–Crippen MR) is 58.3 cm³/mol. The normalized spacial score (nSPS) is 10.6. The molecule has 0 bridgehead atoms. The summed E-state index contributed by atoms with van der Waals surface area (Å²) in [5.74, 6) is -0.369. The molecule has 16 heavy (non-hydrogen) atoms. The van der Waals surface area contributed by atoms with Crippen molar-refractivity contribution in [3.63, 3.8) is 0 Å². The molecule has 1 N–H and O–H groups in total. The molecule has 0 aliphatic carbocycles. The van der Waals surface area contributed by atoms with Crippen molar-refractivity contribution in [1.29, 1.82) is 0 Å². The Bertz CT molecular complexity index is 359. The van der Waals surface area contributed by atoms with Crippen molar-refractivity contribution in [2.45, 2.75) is 0 Å². The van der Waals surface area contributed by atoms with Crippen molar-refractivity contribution in [3.8, 4) is 5.75 Å². The van der Waals surface area contributed by atoms with E-state index < -0.39 is 5.97 Å². The molecule has 0 unspecified atom stereocenters. The van der Waals surface area contributed by atoms with Crippen LogP contribution in [0.4, 0.5) is 0 Å². The zero-order valence-electron chi connectivity index (χ0n) is 8.92. The van der Waals surface area contributed by atoms with Crippen LogP contribution in [0.2, 0.25) is 0 Å². The molecule has 0 spiro atoms. The molecule has 1 aromatic heterocycles. The Labute approximate surface area is 93.3 Å². The lowest BCUT2D eigenvalue weighted by molar-refractivity contribution is -0.131. The molecular weight excluding hydrogens is 210 g/mol. The maximum Gasteiger partial charge on any atom is 0.328 e. The monoisotopic (exact) mass is 223 g/mol. The van der Waals surface area contributed by atoms with Crippen LogP contribution in [0.15, 0.2) is 24.4 Å². The second-order valence-electron chi connectivity index (χ2n) is 2.93. The van der Waals surface area contributed by atoms with Crippen LogP contribution in [-0.4, -0.2) is 36.4 Å². The molecule has 0 fully saturated rings. The van der Waals surface area contributed by atoms with Gasteiger partial charge in [0.05, 0.1) is 18.5 Å². The molecule has 0 radical (unpaired) electrons. The molecule has 1 heterocycles. The summed E-state index contributed by atoms with van der Waals surface area (Å²) in [4.78, 5) is 14.3. The fourth-order valence-corrected chi connectivity index (χ4v) is 0.975. The average Bonchev–Trinajstić information content (AvgIpc) is 2.28. The fraction of sp³-hybridized carbons (Fsp3) is 0.273. The molecule has 0 saturated carbocycles. The number of carbonyl (C=O) groups is 1. The number of ether oxygens (including phenoxy) is 2. The molecule has 0 saturated heterocycles. The van der Waals surface area contributed by atoms with Gasteiger partial charge in [0.1, 0.15) is 12.4 Å². The van der Waals surface area contributed by atoms with Gasteiger partial charge in [-0.1, -0.05) is 0 Å². The highest BCUT2D eigenvalue weighted by atomic mass is 16.5. The minimum atomic E-state index is -0.998. The van der Waals surface area contributed by atoms with Crippen molar-refractivity contribution >= 4 is 12.0 Å². The largest absolute Gasteiger partial charge is 0.490 e. The van der Waals surface area contributed by atoms with Crippen LogP contribution in [0.25, 0.3) is 6.08 Å². The molecular formula is C11H13NO4. The van der Waals surface area contributed by atoms with Gasteiger partial charge in [0.15, 0.2) is 0 Å². The van der Waals surface area contributed by atoms with Crippen molar-refractivity contribution < 1.29 is 19.4 Å². The molecule has 0 aliphatic heterocycles. The molecule has 5 heteroatoms. The first-order valence-corrected chi connectivity index (χ1v) is 4.71. The lowest BCUT2D eigenvalue weighted by atomic mass is 10.3. The minimum absolute atomic E-state index is 0.461. The first-order chi connectivity index (χ1) is 7.72. The first kappa shape index (κ1) is 12.2. The minimum Gasteiger partial charge on any atom is -0.490 e. The van der Waals surface area contributed by atoms with E-state index in [1.807, 2.05) is 0 Å². The zero-order valence-corrected chi connectivity index (χ0v) is 8.92. The van der Waals surface area contributed by atoms with Gasteiger partial charge in [0, 0.05) is 13.2 Å². The number of rotatable bonds is 6. The van der Waals surface area contributed by atoms with E-state index in [-0.39, 0.29) is 0 Å². The van der Waals surface area contributed by atoms with Gasteiger partial charge in [0.2, 0.25) is 0 Å². The summed E-state index contributed by atoms with van der Waals surface area (Å²) in [6.07, 6.45) is 3.99. The third-order valence-corrected chi connectivity index (χ3v) is 1.71. The third-order valence-electron chi connectivity index (χ3n) is 1.71. The van der Waals surface area contributed by atoms with E-state index >= 15 is 0 Å². The first-order valence-electron chi connectivity index (χ1n) is 4.71. The summed E-state index contributed by atoms with van der Waals surface area (Å²) in [6, 6.07) is 3.41. The smallest absolute Gasteiger partial charge is 0.328 e. The molecule has 1 rings (SSSR count). The number of carboxylic acids is 1. The Morgan fingerprint density at radius 3 is 2.88 bits per heavy atom. The summed E-state index contributed by atoms with van der Waals surface area (Å²) in [7, 11) is 1.60. The van der Waals surface area contributed by atoms with Gasteiger partial charge in [0.25, 0.3) is 0 Å².